The predicted octanol–water partition coefficient (Wildman–Crippen LogP) is 4.31. The number of hydrogen-bond acceptors (Lipinski definition) is 6. The number of aryl methyl sites for hydroxylation is 1. The number of hydrogen-bond donors (Lipinski definition) is 1. The van der Waals surface area contributed by atoms with Gasteiger partial charge in [0.2, 0.25) is 5.91 Å². The Morgan fingerprint density at radius 2 is 1.58 bits per heavy atom. The SMILES string of the molecule is COc1cc(CNC(=O)CN(c2cc(C)ccc2OC)S(=O)(=O)c2ccccc2)ccc1OC(C)C. The fourth-order valence-corrected chi connectivity index (χ4v) is 5.02. The Balaban J connectivity index is 1.86. The fourth-order valence-electron chi connectivity index (χ4n) is 3.57. The quantitative estimate of drug-likeness (QED) is 0.412. The van der Waals surface area contributed by atoms with Gasteiger partial charge in [-0.3, -0.25) is 9.10 Å². The summed E-state index contributed by atoms with van der Waals surface area (Å²) in [6.45, 7) is 5.44. The summed E-state index contributed by atoms with van der Waals surface area (Å²) < 4.78 is 44.8. The number of benzene rings is 3. The summed E-state index contributed by atoms with van der Waals surface area (Å²) >= 11 is 0. The van der Waals surface area contributed by atoms with Gasteiger partial charge in [0.05, 0.1) is 30.9 Å². The largest absolute Gasteiger partial charge is 0.495 e. The van der Waals surface area contributed by atoms with Crippen molar-refractivity contribution < 1.29 is 27.4 Å². The molecular weight excluding hydrogens is 480 g/mol. The third-order valence-electron chi connectivity index (χ3n) is 5.30. The summed E-state index contributed by atoms with van der Waals surface area (Å²) in [6.07, 6.45) is -0.0133. The molecule has 0 fully saturated rings. The second-order valence-corrected chi connectivity index (χ2v) is 10.3. The zero-order valence-corrected chi connectivity index (χ0v) is 22.0. The summed E-state index contributed by atoms with van der Waals surface area (Å²) in [5.41, 5.74) is 1.89. The second kappa shape index (κ2) is 11.8. The van der Waals surface area contributed by atoms with E-state index >= 15 is 0 Å². The van der Waals surface area contributed by atoms with E-state index in [1.807, 2.05) is 32.9 Å². The normalized spacial score (nSPS) is 11.2. The number of nitrogens with one attached hydrogen (secondary N) is 1. The highest BCUT2D eigenvalue weighted by Crippen LogP contribution is 2.33. The zero-order valence-electron chi connectivity index (χ0n) is 21.1. The van der Waals surface area contributed by atoms with Gasteiger partial charge in [-0.05, 0) is 68.3 Å². The number of amides is 1. The molecule has 0 saturated heterocycles. The number of ether oxygens (including phenoxy) is 3. The average molecular weight is 513 g/mol. The molecule has 0 unspecified atom stereocenters. The lowest BCUT2D eigenvalue weighted by molar-refractivity contribution is -0.119. The number of anilines is 1. The molecule has 0 aliphatic rings. The number of methoxy groups -OCH3 is 2. The van der Waals surface area contributed by atoms with Gasteiger partial charge in [0.1, 0.15) is 12.3 Å². The van der Waals surface area contributed by atoms with Crippen LogP contribution >= 0.6 is 0 Å². The Morgan fingerprint density at radius 1 is 0.917 bits per heavy atom. The topological polar surface area (TPSA) is 94.2 Å². The monoisotopic (exact) mass is 512 g/mol. The molecule has 0 bridgehead atoms. The van der Waals surface area contributed by atoms with Crippen molar-refractivity contribution in [2.45, 2.75) is 38.3 Å². The second-order valence-electron chi connectivity index (χ2n) is 8.43. The van der Waals surface area contributed by atoms with Crippen molar-refractivity contribution >= 4 is 21.6 Å². The van der Waals surface area contributed by atoms with E-state index in [1.165, 1.54) is 19.2 Å². The molecule has 0 heterocycles. The van der Waals surface area contributed by atoms with Gasteiger partial charge >= 0.3 is 0 Å². The van der Waals surface area contributed by atoms with Crippen LogP contribution in [0.5, 0.6) is 17.2 Å². The molecule has 0 saturated carbocycles. The minimum absolute atomic E-state index is 0.0133. The first-order chi connectivity index (χ1) is 17.1. The van der Waals surface area contributed by atoms with Gasteiger partial charge in [-0.25, -0.2) is 8.42 Å². The van der Waals surface area contributed by atoms with Crippen LogP contribution in [0.15, 0.2) is 71.6 Å². The third-order valence-corrected chi connectivity index (χ3v) is 7.08. The van der Waals surface area contributed by atoms with Crippen molar-refractivity contribution in [3.63, 3.8) is 0 Å². The van der Waals surface area contributed by atoms with Gasteiger partial charge in [-0.15, -0.1) is 0 Å². The highest BCUT2D eigenvalue weighted by molar-refractivity contribution is 7.92. The molecular formula is C27H32N2O6S. The van der Waals surface area contributed by atoms with Crippen molar-refractivity contribution in [1.82, 2.24) is 5.32 Å². The smallest absolute Gasteiger partial charge is 0.264 e. The summed E-state index contributed by atoms with van der Waals surface area (Å²) in [5, 5.41) is 2.80. The van der Waals surface area contributed by atoms with E-state index in [0.717, 1.165) is 15.4 Å². The van der Waals surface area contributed by atoms with Crippen molar-refractivity contribution in [2.24, 2.45) is 0 Å². The van der Waals surface area contributed by atoms with E-state index in [4.69, 9.17) is 14.2 Å². The Kier molecular flexibility index (Phi) is 8.82. The minimum Gasteiger partial charge on any atom is -0.495 e. The van der Waals surface area contributed by atoms with E-state index < -0.39 is 22.5 Å². The summed E-state index contributed by atoms with van der Waals surface area (Å²) in [5.74, 6) is 1.03. The first-order valence-corrected chi connectivity index (χ1v) is 12.9. The number of nitrogens with zero attached hydrogens (tertiary/aromatic N) is 1. The number of carbonyl (C=O) groups is 1. The van der Waals surface area contributed by atoms with Gasteiger partial charge in [0.15, 0.2) is 11.5 Å². The Bertz CT molecular complexity index is 1290. The maximum Gasteiger partial charge on any atom is 0.264 e. The lowest BCUT2D eigenvalue weighted by Crippen LogP contribution is -2.41. The molecule has 0 aliphatic carbocycles. The molecule has 1 amide bonds. The van der Waals surface area contributed by atoms with Crippen molar-refractivity contribution in [3.05, 3.63) is 77.9 Å². The molecule has 8 nitrogen and oxygen atoms in total. The standard InChI is InChI=1S/C27H32N2O6S/c1-19(2)35-25-14-12-21(16-26(25)34-5)17-28-27(30)18-29(23-15-20(3)11-13-24(23)33-4)36(31,32)22-9-7-6-8-10-22/h6-16,19H,17-18H2,1-5H3,(H,28,30). The Hall–Kier alpha value is -3.72. The molecule has 3 aromatic rings. The van der Waals surface area contributed by atoms with Gasteiger partial charge in [0, 0.05) is 6.54 Å². The molecule has 0 atom stereocenters. The summed E-state index contributed by atoms with van der Waals surface area (Å²) in [4.78, 5) is 13.1. The molecule has 0 aromatic heterocycles. The number of sulfonamides is 1. The zero-order chi connectivity index (χ0) is 26.3. The maximum atomic E-state index is 13.6. The van der Waals surface area contributed by atoms with Crippen LogP contribution in [0.3, 0.4) is 0 Å². The molecule has 3 aromatic carbocycles. The molecule has 0 radical (unpaired) electrons. The lowest BCUT2D eigenvalue weighted by Gasteiger charge is -2.26. The molecule has 1 N–H and O–H groups in total. The van der Waals surface area contributed by atoms with E-state index in [9.17, 15) is 13.2 Å². The van der Waals surface area contributed by atoms with Gasteiger partial charge in [0.25, 0.3) is 10.0 Å². The molecule has 36 heavy (non-hydrogen) atoms. The molecule has 3 rings (SSSR count). The highest BCUT2D eigenvalue weighted by Gasteiger charge is 2.29. The van der Waals surface area contributed by atoms with Crippen LogP contribution in [0.2, 0.25) is 0 Å². The number of rotatable bonds is 11. The third kappa shape index (κ3) is 6.48. The Morgan fingerprint density at radius 3 is 2.22 bits per heavy atom. The minimum atomic E-state index is -4.05. The van der Waals surface area contributed by atoms with Crippen LogP contribution in [0.25, 0.3) is 0 Å². The average Bonchev–Trinajstić information content (AvgIpc) is 2.86. The fraction of sp³-hybridized carbons (Fsp3) is 0.296. The van der Waals surface area contributed by atoms with Crippen molar-refractivity contribution in [2.75, 3.05) is 25.1 Å². The first kappa shape index (κ1) is 26.9. The van der Waals surface area contributed by atoms with E-state index in [0.29, 0.717) is 17.2 Å². The molecule has 0 spiro atoms. The lowest BCUT2D eigenvalue weighted by atomic mass is 10.2. The first-order valence-electron chi connectivity index (χ1n) is 11.5. The van der Waals surface area contributed by atoms with Crippen molar-refractivity contribution in [3.8, 4) is 17.2 Å². The van der Waals surface area contributed by atoms with E-state index in [1.54, 1.807) is 49.6 Å². The van der Waals surface area contributed by atoms with Crippen LogP contribution in [0.4, 0.5) is 5.69 Å². The van der Waals surface area contributed by atoms with Gasteiger partial charge in [-0.1, -0.05) is 30.3 Å². The van der Waals surface area contributed by atoms with E-state index in [2.05, 4.69) is 5.32 Å². The molecule has 0 aliphatic heterocycles. The Labute approximate surface area is 212 Å². The van der Waals surface area contributed by atoms with Crippen LogP contribution in [-0.2, 0) is 21.4 Å². The molecule has 192 valence electrons. The van der Waals surface area contributed by atoms with Gasteiger partial charge in [-0.2, -0.15) is 0 Å². The van der Waals surface area contributed by atoms with Crippen LogP contribution in [0.1, 0.15) is 25.0 Å². The maximum absolute atomic E-state index is 13.6. The predicted molar refractivity (Wildman–Crippen MR) is 139 cm³/mol. The van der Waals surface area contributed by atoms with Gasteiger partial charge < -0.3 is 19.5 Å². The van der Waals surface area contributed by atoms with Crippen LogP contribution in [-0.4, -0.2) is 41.2 Å². The van der Waals surface area contributed by atoms with Crippen LogP contribution in [0, 0.1) is 6.92 Å². The molecule has 9 heteroatoms. The van der Waals surface area contributed by atoms with E-state index in [-0.39, 0.29) is 23.2 Å². The summed E-state index contributed by atoms with van der Waals surface area (Å²) in [6, 6.07) is 18.6. The highest BCUT2D eigenvalue weighted by atomic mass is 32.2. The van der Waals surface area contributed by atoms with Crippen molar-refractivity contribution in [1.29, 1.82) is 0 Å². The number of carbonyl (C=O) groups excluding carboxylic acids is 1. The summed E-state index contributed by atoms with van der Waals surface area (Å²) in [7, 11) is -1.05. The van der Waals surface area contributed by atoms with Crippen LogP contribution < -0.4 is 23.8 Å².